The van der Waals surface area contributed by atoms with Crippen LogP contribution in [0.5, 0.6) is 0 Å². The Morgan fingerprint density at radius 1 is 1.18 bits per heavy atom. The fraction of sp³-hybridized carbons (Fsp3) is 0.143. The minimum absolute atomic E-state index is 0.0398. The predicted octanol–water partition coefficient (Wildman–Crippen LogP) is 0.680. The van der Waals surface area contributed by atoms with Crippen molar-refractivity contribution < 1.29 is 34.1 Å². The van der Waals surface area contributed by atoms with Crippen LogP contribution in [0.25, 0.3) is 0 Å². The van der Waals surface area contributed by atoms with Gasteiger partial charge in [0.05, 0.1) is 19.1 Å². The van der Waals surface area contributed by atoms with E-state index in [1.807, 2.05) is 0 Å². The Balaban J connectivity index is 0.000000261. The normalized spacial score (nSPS) is 12.0. The van der Waals surface area contributed by atoms with Crippen LogP contribution in [0.2, 0.25) is 0 Å². The van der Waals surface area contributed by atoms with Crippen LogP contribution in [0.4, 0.5) is 5.69 Å². The Labute approximate surface area is 125 Å². The molecule has 0 saturated carbocycles. The van der Waals surface area contributed by atoms with Gasteiger partial charge >= 0.3 is 17.9 Å². The van der Waals surface area contributed by atoms with Crippen molar-refractivity contribution in [1.29, 1.82) is 0 Å². The number of hydrogen-bond acceptors (Lipinski definition) is 5. The summed E-state index contributed by atoms with van der Waals surface area (Å²) in [6.07, 6.45) is 1.50. The summed E-state index contributed by atoms with van der Waals surface area (Å²) in [6, 6.07) is 5.05. The van der Waals surface area contributed by atoms with Crippen molar-refractivity contribution in [2.45, 2.75) is 6.42 Å². The smallest absolute Gasteiger partial charge is 0.337 e. The Hall–Kier alpha value is -3.16. The first-order valence-electron chi connectivity index (χ1n) is 5.98. The third kappa shape index (κ3) is 5.08. The minimum Gasteiger partial charge on any atom is -0.478 e. The zero-order valence-corrected chi connectivity index (χ0v) is 11.5. The molecular weight excluding hydrogens is 294 g/mol. The molecule has 1 aromatic carbocycles. The lowest BCUT2D eigenvalue weighted by atomic mass is 10.1. The van der Waals surface area contributed by atoms with E-state index in [9.17, 15) is 19.2 Å². The summed E-state index contributed by atoms with van der Waals surface area (Å²) in [7, 11) is 1.33. The summed E-state index contributed by atoms with van der Waals surface area (Å²) in [6.45, 7) is 0. The lowest BCUT2D eigenvalue weighted by molar-refractivity contribution is -0.134. The Kier molecular flexibility index (Phi) is 5.82. The zero-order chi connectivity index (χ0) is 16.7. The number of carboxylic acid groups (broad SMARTS) is 2. The summed E-state index contributed by atoms with van der Waals surface area (Å²) in [4.78, 5) is 41.3. The summed E-state index contributed by atoms with van der Waals surface area (Å²) in [5.41, 5.74) is 2.08. The van der Waals surface area contributed by atoms with E-state index in [0.29, 0.717) is 29.8 Å². The van der Waals surface area contributed by atoms with Crippen molar-refractivity contribution in [3.63, 3.8) is 0 Å². The monoisotopic (exact) mass is 307 g/mol. The largest absolute Gasteiger partial charge is 0.478 e. The highest BCUT2D eigenvalue weighted by Gasteiger charge is 2.18. The summed E-state index contributed by atoms with van der Waals surface area (Å²) in [5.74, 6) is -2.95. The number of aliphatic carboxylic acids is 2. The Bertz CT molecular complexity index is 633. The van der Waals surface area contributed by atoms with E-state index in [1.165, 1.54) is 7.11 Å². The third-order valence-electron chi connectivity index (χ3n) is 2.52. The van der Waals surface area contributed by atoms with Crippen LogP contribution in [0.1, 0.15) is 15.9 Å². The third-order valence-corrected chi connectivity index (χ3v) is 2.52. The number of hydrogen-bond donors (Lipinski definition) is 3. The molecule has 1 heterocycles. The molecule has 0 saturated heterocycles. The number of ether oxygens (including phenoxy) is 1. The second kappa shape index (κ2) is 7.58. The topological polar surface area (TPSA) is 130 Å². The maximum absolute atomic E-state index is 11.2. The van der Waals surface area contributed by atoms with Crippen molar-refractivity contribution in [3.05, 3.63) is 41.5 Å². The first-order valence-corrected chi connectivity index (χ1v) is 5.98. The molecule has 1 aromatic rings. The van der Waals surface area contributed by atoms with Crippen LogP contribution in [-0.4, -0.2) is 41.1 Å². The SMILES string of the molecule is COC(=O)c1ccc2c(c1)NC(=O)C2.O=C(O)/C=C\C(=O)O. The van der Waals surface area contributed by atoms with E-state index in [1.54, 1.807) is 18.2 Å². The van der Waals surface area contributed by atoms with Gasteiger partial charge in [-0.3, -0.25) is 4.79 Å². The first kappa shape index (κ1) is 16.9. The van der Waals surface area contributed by atoms with Crippen molar-refractivity contribution in [2.75, 3.05) is 12.4 Å². The molecule has 8 heteroatoms. The number of amides is 1. The zero-order valence-electron chi connectivity index (χ0n) is 11.5. The van der Waals surface area contributed by atoms with Gasteiger partial charge in [-0.15, -0.1) is 0 Å². The van der Waals surface area contributed by atoms with Crippen molar-refractivity contribution in [1.82, 2.24) is 0 Å². The molecule has 0 aliphatic carbocycles. The molecule has 0 unspecified atom stereocenters. The second-order valence-corrected chi connectivity index (χ2v) is 4.10. The number of benzene rings is 1. The molecule has 22 heavy (non-hydrogen) atoms. The van der Waals surface area contributed by atoms with E-state index < -0.39 is 17.9 Å². The van der Waals surface area contributed by atoms with Gasteiger partial charge in [0.1, 0.15) is 0 Å². The van der Waals surface area contributed by atoms with Crippen LogP contribution in [-0.2, 0) is 25.5 Å². The van der Waals surface area contributed by atoms with Crippen LogP contribution >= 0.6 is 0 Å². The van der Waals surface area contributed by atoms with Crippen molar-refractivity contribution in [3.8, 4) is 0 Å². The number of carbonyl (C=O) groups is 4. The lowest BCUT2D eigenvalue weighted by Gasteiger charge is -2.01. The number of carboxylic acids is 2. The van der Waals surface area contributed by atoms with E-state index in [0.717, 1.165) is 5.56 Å². The molecule has 0 bridgehead atoms. The predicted molar refractivity (Wildman–Crippen MR) is 74.5 cm³/mol. The average Bonchev–Trinajstić information content (AvgIpc) is 2.84. The van der Waals surface area contributed by atoms with Gasteiger partial charge in [0.2, 0.25) is 5.91 Å². The average molecular weight is 307 g/mol. The highest BCUT2D eigenvalue weighted by molar-refractivity contribution is 6.01. The minimum atomic E-state index is -1.26. The van der Waals surface area contributed by atoms with Gasteiger partial charge in [0, 0.05) is 17.8 Å². The molecule has 3 N–H and O–H groups in total. The van der Waals surface area contributed by atoms with E-state index in [-0.39, 0.29) is 5.91 Å². The number of carbonyl (C=O) groups excluding carboxylic acids is 2. The molecule has 0 spiro atoms. The molecule has 0 fully saturated rings. The highest BCUT2D eigenvalue weighted by atomic mass is 16.5. The Morgan fingerprint density at radius 2 is 1.77 bits per heavy atom. The van der Waals surface area contributed by atoms with Crippen LogP contribution < -0.4 is 5.32 Å². The fourth-order valence-corrected chi connectivity index (χ4v) is 1.60. The van der Waals surface area contributed by atoms with Crippen molar-refractivity contribution >= 4 is 29.5 Å². The molecule has 0 atom stereocenters. The molecule has 1 aliphatic heterocycles. The van der Waals surface area contributed by atoms with E-state index >= 15 is 0 Å². The fourth-order valence-electron chi connectivity index (χ4n) is 1.60. The molecule has 116 valence electrons. The lowest BCUT2D eigenvalue weighted by Crippen LogP contribution is -2.04. The number of nitrogens with one attached hydrogen (secondary N) is 1. The Morgan fingerprint density at radius 3 is 2.27 bits per heavy atom. The van der Waals surface area contributed by atoms with E-state index in [4.69, 9.17) is 10.2 Å². The number of rotatable bonds is 3. The number of anilines is 1. The maximum atomic E-state index is 11.2. The molecule has 0 aromatic heterocycles. The summed E-state index contributed by atoms with van der Waals surface area (Å²) in [5, 5.41) is 18.3. The number of fused-ring (bicyclic) bond motifs is 1. The molecule has 1 amide bonds. The van der Waals surface area contributed by atoms with Gasteiger partial charge < -0.3 is 20.3 Å². The van der Waals surface area contributed by atoms with Gasteiger partial charge in [-0.1, -0.05) is 6.07 Å². The standard InChI is InChI=1S/C10H9NO3.C4H4O4/c1-14-10(13)7-3-2-6-5-9(12)11-8(6)4-7;5-3(6)1-2-4(7)8/h2-4H,5H2,1H3,(H,11,12);1-2H,(H,5,6)(H,7,8)/b;2-1-. The molecule has 1 aliphatic rings. The van der Waals surface area contributed by atoms with Crippen LogP contribution in [0, 0.1) is 0 Å². The van der Waals surface area contributed by atoms with Crippen LogP contribution in [0.3, 0.4) is 0 Å². The molecule has 8 nitrogen and oxygen atoms in total. The maximum Gasteiger partial charge on any atom is 0.337 e. The molecular formula is C14H13NO7. The number of esters is 1. The second-order valence-electron chi connectivity index (χ2n) is 4.10. The molecule has 0 radical (unpaired) electrons. The molecule has 2 rings (SSSR count). The van der Waals surface area contributed by atoms with Gasteiger partial charge in [0.25, 0.3) is 0 Å². The number of methoxy groups -OCH3 is 1. The van der Waals surface area contributed by atoms with Crippen molar-refractivity contribution in [2.24, 2.45) is 0 Å². The van der Waals surface area contributed by atoms with Gasteiger partial charge in [-0.25, -0.2) is 14.4 Å². The highest BCUT2D eigenvalue weighted by Crippen LogP contribution is 2.24. The summed E-state index contributed by atoms with van der Waals surface area (Å²) >= 11 is 0. The quantitative estimate of drug-likeness (QED) is 0.553. The van der Waals surface area contributed by atoms with Gasteiger partial charge in [-0.05, 0) is 17.7 Å². The first-order chi connectivity index (χ1) is 10.3. The van der Waals surface area contributed by atoms with E-state index in [2.05, 4.69) is 10.1 Å². The van der Waals surface area contributed by atoms with Gasteiger partial charge in [0.15, 0.2) is 0 Å². The van der Waals surface area contributed by atoms with Gasteiger partial charge in [-0.2, -0.15) is 0 Å². The summed E-state index contributed by atoms with van der Waals surface area (Å²) < 4.78 is 4.57. The van der Waals surface area contributed by atoms with Crippen LogP contribution in [0.15, 0.2) is 30.4 Å².